The number of halogens is 1. The van der Waals surface area contributed by atoms with Crippen LogP contribution in [0.4, 0.5) is 0 Å². The van der Waals surface area contributed by atoms with Crippen LogP contribution in [0.5, 0.6) is 5.75 Å². The lowest BCUT2D eigenvalue weighted by Crippen LogP contribution is -1.96. The van der Waals surface area contributed by atoms with E-state index in [4.69, 9.17) is 9.84 Å². The molecule has 0 atom stereocenters. The maximum absolute atomic E-state index is 10.8. The van der Waals surface area contributed by atoms with E-state index in [1.54, 1.807) is 0 Å². The van der Waals surface area contributed by atoms with Crippen molar-refractivity contribution in [2.24, 2.45) is 0 Å². The fraction of sp³-hybridized carbons (Fsp3) is 0.231. The normalized spacial score (nSPS) is 10.4. The first-order chi connectivity index (χ1) is 9.11. The lowest BCUT2D eigenvalue weighted by atomic mass is 10.2. The average molecular weight is 342 g/mol. The van der Waals surface area contributed by atoms with Crippen molar-refractivity contribution in [2.75, 3.05) is 6.61 Å². The molecule has 4 nitrogen and oxygen atoms in total. The Hall–Kier alpha value is -1.40. The third-order valence-corrected chi connectivity index (χ3v) is 3.87. The second-order valence-electron chi connectivity index (χ2n) is 3.84. The van der Waals surface area contributed by atoms with Crippen LogP contribution in [0.2, 0.25) is 0 Å². The molecule has 1 heterocycles. The second kappa shape index (κ2) is 6.16. The number of ether oxygens (including phenoxy) is 1. The number of carboxylic acids is 1. The van der Waals surface area contributed by atoms with E-state index in [0.29, 0.717) is 11.6 Å². The minimum absolute atomic E-state index is 0.0717. The summed E-state index contributed by atoms with van der Waals surface area (Å²) in [6, 6.07) is 5.62. The van der Waals surface area contributed by atoms with E-state index in [1.165, 1.54) is 16.7 Å². The summed E-state index contributed by atoms with van der Waals surface area (Å²) >= 11 is 4.76. The molecule has 1 aromatic carbocycles. The Morgan fingerprint density at radius 3 is 2.89 bits per heavy atom. The highest BCUT2D eigenvalue weighted by molar-refractivity contribution is 9.10. The summed E-state index contributed by atoms with van der Waals surface area (Å²) in [5.74, 6) is -0.231. The number of rotatable bonds is 5. The number of aromatic carboxylic acids is 1. The van der Waals surface area contributed by atoms with E-state index in [9.17, 15) is 4.79 Å². The van der Waals surface area contributed by atoms with E-state index in [2.05, 4.69) is 20.9 Å². The Labute approximate surface area is 123 Å². The van der Waals surface area contributed by atoms with Crippen LogP contribution in [-0.4, -0.2) is 22.7 Å². The van der Waals surface area contributed by atoms with Gasteiger partial charge in [-0.3, -0.25) is 0 Å². The Kier molecular flexibility index (Phi) is 4.55. The van der Waals surface area contributed by atoms with Crippen molar-refractivity contribution < 1.29 is 14.6 Å². The summed E-state index contributed by atoms with van der Waals surface area (Å²) in [6.45, 7) is 2.71. The van der Waals surface area contributed by atoms with Crippen LogP contribution in [0.1, 0.15) is 23.8 Å². The molecule has 0 aliphatic rings. The van der Waals surface area contributed by atoms with Gasteiger partial charge in [-0.05, 0) is 40.5 Å². The van der Waals surface area contributed by atoms with Crippen LogP contribution < -0.4 is 4.74 Å². The van der Waals surface area contributed by atoms with Crippen molar-refractivity contribution in [3.63, 3.8) is 0 Å². The molecule has 0 spiro atoms. The zero-order valence-electron chi connectivity index (χ0n) is 10.2. The van der Waals surface area contributed by atoms with Gasteiger partial charge in [0.1, 0.15) is 10.8 Å². The van der Waals surface area contributed by atoms with Crippen LogP contribution in [-0.2, 0) is 0 Å². The maximum Gasteiger partial charge on any atom is 0.355 e. The van der Waals surface area contributed by atoms with Crippen LogP contribution in [0.3, 0.4) is 0 Å². The van der Waals surface area contributed by atoms with Crippen molar-refractivity contribution in [1.82, 2.24) is 4.98 Å². The summed E-state index contributed by atoms with van der Waals surface area (Å²) in [5, 5.41) is 11.1. The van der Waals surface area contributed by atoms with Gasteiger partial charge < -0.3 is 9.84 Å². The smallest absolute Gasteiger partial charge is 0.355 e. The van der Waals surface area contributed by atoms with Gasteiger partial charge in [-0.1, -0.05) is 6.92 Å². The number of hydrogen-bond donors (Lipinski definition) is 1. The lowest BCUT2D eigenvalue weighted by molar-refractivity contribution is 0.0691. The van der Waals surface area contributed by atoms with Gasteiger partial charge >= 0.3 is 5.97 Å². The standard InChI is InChI=1S/C13H12BrNO3S/c1-2-5-18-11-4-3-8(6-9(11)14)12-15-10(7-19-12)13(16)17/h3-4,6-7H,2,5H2,1H3,(H,16,17). The van der Waals surface area contributed by atoms with Crippen molar-refractivity contribution in [1.29, 1.82) is 0 Å². The molecule has 2 aromatic rings. The quantitative estimate of drug-likeness (QED) is 0.890. The van der Waals surface area contributed by atoms with Gasteiger partial charge in [0, 0.05) is 10.9 Å². The third-order valence-electron chi connectivity index (χ3n) is 2.36. The number of benzene rings is 1. The monoisotopic (exact) mass is 341 g/mol. The number of aromatic nitrogens is 1. The van der Waals surface area contributed by atoms with Gasteiger partial charge in [0.05, 0.1) is 11.1 Å². The van der Waals surface area contributed by atoms with Crippen molar-refractivity contribution in [3.8, 4) is 16.3 Å². The zero-order chi connectivity index (χ0) is 13.8. The molecule has 0 amide bonds. The van der Waals surface area contributed by atoms with Gasteiger partial charge in [0.2, 0.25) is 0 Å². The van der Waals surface area contributed by atoms with Crippen LogP contribution in [0.15, 0.2) is 28.1 Å². The van der Waals surface area contributed by atoms with Gasteiger partial charge in [-0.15, -0.1) is 11.3 Å². The van der Waals surface area contributed by atoms with Gasteiger partial charge in [-0.25, -0.2) is 9.78 Å². The summed E-state index contributed by atoms with van der Waals surface area (Å²) in [5.41, 5.74) is 0.940. The molecule has 6 heteroatoms. The fourth-order valence-corrected chi connectivity index (χ4v) is 2.75. The highest BCUT2D eigenvalue weighted by atomic mass is 79.9. The topological polar surface area (TPSA) is 59.4 Å². The zero-order valence-corrected chi connectivity index (χ0v) is 12.6. The first-order valence-electron chi connectivity index (χ1n) is 5.73. The first-order valence-corrected chi connectivity index (χ1v) is 7.40. The number of hydrogen-bond acceptors (Lipinski definition) is 4. The molecule has 1 aromatic heterocycles. The van der Waals surface area contributed by atoms with Crippen LogP contribution in [0, 0.1) is 0 Å². The number of nitrogens with zero attached hydrogens (tertiary/aromatic N) is 1. The molecule has 0 saturated carbocycles. The van der Waals surface area contributed by atoms with E-state index in [-0.39, 0.29) is 5.69 Å². The third kappa shape index (κ3) is 3.33. The molecular formula is C13H12BrNO3S. The van der Waals surface area contributed by atoms with E-state index < -0.39 is 5.97 Å². The predicted molar refractivity (Wildman–Crippen MR) is 78.0 cm³/mol. The first kappa shape index (κ1) is 14.0. The van der Waals surface area contributed by atoms with Crippen molar-refractivity contribution >= 4 is 33.2 Å². The molecule has 2 rings (SSSR count). The predicted octanol–water partition coefficient (Wildman–Crippen LogP) is 4.06. The molecule has 0 unspecified atom stereocenters. The Bertz CT molecular complexity index is 597. The van der Waals surface area contributed by atoms with Gasteiger partial charge in [0.15, 0.2) is 5.69 Å². The SMILES string of the molecule is CCCOc1ccc(-c2nc(C(=O)O)cs2)cc1Br. The molecule has 0 aliphatic heterocycles. The Morgan fingerprint density at radius 2 is 2.32 bits per heavy atom. The summed E-state index contributed by atoms with van der Waals surface area (Å²) in [7, 11) is 0. The Balaban J connectivity index is 2.25. The van der Waals surface area contributed by atoms with Crippen LogP contribution >= 0.6 is 27.3 Å². The molecule has 0 bridgehead atoms. The highest BCUT2D eigenvalue weighted by Gasteiger charge is 2.11. The van der Waals surface area contributed by atoms with E-state index in [1.807, 2.05) is 25.1 Å². The highest BCUT2D eigenvalue weighted by Crippen LogP contribution is 2.32. The molecule has 0 fully saturated rings. The Morgan fingerprint density at radius 1 is 1.53 bits per heavy atom. The van der Waals surface area contributed by atoms with E-state index in [0.717, 1.165) is 22.2 Å². The van der Waals surface area contributed by atoms with Gasteiger partial charge in [-0.2, -0.15) is 0 Å². The largest absolute Gasteiger partial charge is 0.492 e. The molecule has 100 valence electrons. The maximum atomic E-state index is 10.8. The minimum Gasteiger partial charge on any atom is -0.492 e. The molecule has 0 aliphatic carbocycles. The summed E-state index contributed by atoms with van der Waals surface area (Å²) < 4.78 is 6.40. The number of carboxylic acid groups (broad SMARTS) is 1. The fourth-order valence-electron chi connectivity index (χ4n) is 1.47. The molecule has 0 radical (unpaired) electrons. The van der Waals surface area contributed by atoms with Gasteiger partial charge in [0.25, 0.3) is 0 Å². The molecule has 1 N–H and O–H groups in total. The average Bonchev–Trinajstić information content (AvgIpc) is 2.87. The number of carbonyl (C=O) groups is 1. The summed E-state index contributed by atoms with van der Waals surface area (Å²) in [6.07, 6.45) is 0.947. The minimum atomic E-state index is -1.01. The van der Waals surface area contributed by atoms with Crippen LogP contribution in [0.25, 0.3) is 10.6 Å². The molecular weight excluding hydrogens is 330 g/mol. The molecule has 19 heavy (non-hydrogen) atoms. The lowest BCUT2D eigenvalue weighted by Gasteiger charge is -2.07. The van der Waals surface area contributed by atoms with Crippen molar-refractivity contribution in [3.05, 3.63) is 33.7 Å². The number of thiazole rings is 1. The summed E-state index contributed by atoms with van der Waals surface area (Å²) in [4.78, 5) is 14.9. The second-order valence-corrected chi connectivity index (χ2v) is 5.55. The van der Waals surface area contributed by atoms with E-state index >= 15 is 0 Å². The van der Waals surface area contributed by atoms with Crippen molar-refractivity contribution in [2.45, 2.75) is 13.3 Å². The molecule has 0 saturated heterocycles.